The van der Waals surface area contributed by atoms with Gasteiger partial charge in [0, 0.05) is 0 Å². The monoisotopic (exact) mass is 700 g/mol. The van der Waals surface area contributed by atoms with Gasteiger partial charge in [-0.1, -0.05) is 0 Å². The Morgan fingerprint density at radius 2 is 0.942 bits per heavy atom. The Balaban J connectivity index is 1.70. The quantitative estimate of drug-likeness (QED) is 0.112. The summed E-state index contributed by atoms with van der Waals surface area (Å²) < 4.78 is 10.0. The van der Waals surface area contributed by atoms with Crippen molar-refractivity contribution in [3.05, 3.63) is 210 Å². The molecule has 256 valence electrons. The first-order chi connectivity index (χ1) is 25.4. The third kappa shape index (κ3) is 4.45. The van der Waals surface area contributed by atoms with Crippen LogP contribution in [-0.2, 0) is 19.8 Å². The van der Waals surface area contributed by atoms with Gasteiger partial charge >= 0.3 is 304 Å². The van der Waals surface area contributed by atoms with E-state index in [0.29, 0.717) is 27.4 Å². The predicted molar refractivity (Wildman–Crippen MR) is 208 cm³/mol. The Morgan fingerprint density at radius 3 is 1.37 bits per heavy atom. The molecule has 2 aliphatic heterocycles. The van der Waals surface area contributed by atoms with E-state index < -0.39 is 18.7 Å². The molecule has 6 aromatic rings. The number of benzene rings is 6. The Labute approximate surface area is 303 Å². The average Bonchev–Trinajstić information content (AvgIpc) is 3.66. The van der Waals surface area contributed by atoms with Gasteiger partial charge in [-0.05, 0) is 0 Å². The van der Waals surface area contributed by atoms with Crippen LogP contribution in [0.5, 0.6) is 0 Å². The molecule has 0 N–H and O–H groups in total. The molecule has 0 spiro atoms. The van der Waals surface area contributed by atoms with Gasteiger partial charge in [0.25, 0.3) is 0 Å². The predicted octanol–water partition coefficient (Wildman–Crippen LogP) is 8.37. The summed E-state index contributed by atoms with van der Waals surface area (Å²) in [5.41, 5.74) is 1.36. The molecule has 6 aromatic carbocycles. The van der Waals surface area contributed by atoms with Gasteiger partial charge in [0.15, 0.2) is 0 Å². The molecule has 0 radical (unpaired) electrons. The van der Waals surface area contributed by atoms with E-state index in [1.54, 1.807) is 17.2 Å². The van der Waals surface area contributed by atoms with E-state index in [2.05, 4.69) is 4.67 Å². The van der Waals surface area contributed by atoms with Gasteiger partial charge < -0.3 is 0 Å². The topological polar surface area (TPSA) is 66.9 Å². The molecule has 52 heavy (non-hydrogen) atoms. The van der Waals surface area contributed by atoms with Crippen molar-refractivity contribution in [3.8, 4) is 0 Å². The second kappa shape index (κ2) is 12.8. The third-order valence-corrected chi connectivity index (χ3v) is 16.0. The number of hydrogen-bond acceptors (Lipinski definition) is 6. The molecule has 0 aliphatic carbocycles. The molecule has 1 fully saturated rings. The van der Waals surface area contributed by atoms with Crippen LogP contribution in [0.15, 0.2) is 193 Å². The number of carbonyl (C=O) groups is 3. The molecule has 6 nitrogen and oxygen atoms in total. The number of hydrogen-bond donors (Lipinski definition) is 0. The summed E-state index contributed by atoms with van der Waals surface area (Å²) in [6.07, 6.45) is -1.17. The van der Waals surface area contributed by atoms with Crippen molar-refractivity contribution in [2.24, 2.45) is 0 Å². The summed E-state index contributed by atoms with van der Waals surface area (Å²) >= 11 is 0. The Kier molecular flexibility index (Phi) is 8.19. The first-order valence-corrected chi connectivity index (χ1v) is 19.4. The van der Waals surface area contributed by atoms with Gasteiger partial charge in [0.1, 0.15) is 0 Å². The van der Waals surface area contributed by atoms with Gasteiger partial charge in [0.2, 0.25) is 0 Å². The minimum absolute atomic E-state index is 0.244. The summed E-state index contributed by atoms with van der Waals surface area (Å²) in [6, 6.07) is 57.7. The van der Waals surface area contributed by atoms with Crippen molar-refractivity contribution < 1.29 is 19.0 Å². The van der Waals surface area contributed by atoms with Crippen LogP contribution in [0.3, 0.4) is 0 Å². The number of para-hydroxylation sites is 1. The van der Waals surface area contributed by atoms with E-state index in [-0.39, 0.29) is 22.7 Å². The van der Waals surface area contributed by atoms with E-state index in [1.807, 2.05) is 170 Å². The van der Waals surface area contributed by atoms with Crippen LogP contribution in [0.1, 0.15) is 35.3 Å². The Bertz CT molecular complexity index is 2240. The maximum absolute atomic E-state index is 15.7. The van der Waals surface area contributed by atoms with Gasteiger partial charge in [-0.15, -0.1) is 0 Å². The first kappa shape index (κ1) is 33.4. The maximum atomic E-state index is 15.7. The zero-order valence-corrected chi connectivity index (χ0v) is 29.8. The van der Waals surface area contributed by atoms with E-state index in [1.165, 1.54) is 13.8 Å². The van der Waals surface area contributed by atoms with Crippen LogP contribution < -0.4 is 15.7 Å². The summed E-state index contributed by atoms with van der Waals surface area (Å²) in [5.74, 6) is -0.842. The van der Waals surface area contributed by atoms with E-state index in [4.69, 9.17) is 4.62 Å². The van der Waals surface area contributed by atoms with Crippen LogP contribution >= 0.6 is 6.98 Å². The number of anilines is 1. The minimum atomic E-state index is -4.94. The molecule has 7 heteroatoms. The summed E-state index contributed by atoms with van der Waals surface area (Å²) in [4.78, 5) is 45.5. The van der Waals surface area contributed by atoms with Crippen molar-refractivity contribution in [1.29, 1.82) is 0 Å². The van der Waals surface area contributed by atoms with Crippen LogP contribution in [0.4, 0.5) is 5.69 Å². The zero-order valence-electron chi connectivity index (χ0n) is 28.9. The molecule has 0 bridgehead atoms. The second-order valence-corrected chi connectivity index (χ2v) is 17.2. The molecule has 2 heterocycles. The number of carbonyl (C=O) groups excluding carboxylic acids is 3. The first-order valence-electron chi connectivity index (χ1n) is 17.3. The fourth-order valence-corrected chi connectivity index (χ4v) is 15.2. The van der Waals surface area contributed by atoms with Gasteiger partial charge in [-0.2, -0.15) is 0 Å². The molecule has 0 aromatic heterocycles. The molecule has 1 unspecified atom stereocenters. The summed E-state index contributed by atoms with van der Waals surface area (Å²) in [5, 5.41) is 3.37. The molecule has 1 atom stereocenters. The number of Topliss-reactive ketones (excluding diaryl/α,β-unsaturated/α-hetero) is 3. The summed E-state index contributed by atoms with van der Waals surface area (Å²) in [7, 11) is 0. The number of hydroxylamine groups is 1. The fourth-order valence-electron chi connectivity index (χ4n) is 8.54. The SMILES string of the molecule is CC(=O)C1=C(C(C)=O)P2(c3ccccc3)(c3ccccc3)ON(c3ccccc3)C(C(=O)c3ccccc3)N2C1(c1ccccc1)c1ccccc1. The molecular formula is C45H37N2O4P. The van der Waals surface area contributed by atoms with E-state index in [0.717, 1.165) is 11.1 Å². The van der Waals surface area contributed by atoms with Crippen molar-refractivity contribution in [1.82, 2.24) is 4.67 Å². The summed E-state index contributed by atoms with van der Waals surface area (Å²) in [6.45, 7) is -1.90. The van der Waals surface area contributed by atoms with Crippen molar-refractivity contribution in [2.45, 2.75) is 25.6 Å². The second-order valence-electron chi connectivity index (χ2n) is 13.1. The number of ketones is 3. The molecule has 8 rings (SSSR count). The Hall–Kier alpha value is -5.78. The standard InChI is InChI=1S/C45H37N2O4P/c1-33(48)41-43(34(2)49)52(39-29-17-7-18-30-39,40-31-19-8-20-32-40)47(45(41,36-23-11-4-12-24-36)37-25-13-5-14-26-37)44(42(50)35-21-9-3-10-22-35)46(51-52)38-27-15-6-16-28-38/h3-32,44H,1-2H3. The fraction of sp³-hybridized carbons (Fsp3) is 0.0889. The third-order valence-electron chi connectivity index (χ3n) is 10.3. The van der Waals surface area contributed by atoms with Gasteiger partial charge in [-0.25, -0.2) is 0 Å². The van der Waals surface area contributed by atoms with Crippen LogP contribution in [0.25, 0.3) is 0 Å². The van der Waals surface area contributed by atoms with E-state index in [9.17, 15) is 4.79 Å². The molecule has 1 saturated heterocycles. The van der Waals surface area contributed by atoms with Crippen LogP contribution in [0.2, 0.25) is 0 Å². The Morgan fingerprint density at radius 1 is 0.538 bits per heavy atom. The molecule has 0 amide bonds. The van der Waals surface area contributed by atoms with Crippen molar-refractivity contribution in [2.75, 3.05) is 5.06 Å². The number of fused-ring (bicyclic) bond motifs is 1. The number of rotatable bonds is 9. The average molecular weight is 701 g/mol. The molecule has 0 saturated carbocycles. The van der Waals surface area contributed by atoms with Crippen molar-refractivity contribution in [3.63, 3.8) is 0 Å². The molecular weight excluding hydrogens is 663 g/mol. The molecule has 2 aliphatic rings. The zero-order chi connectivity index (χ0) is 36.0. The van der Waals surface area contributed by atoms with Crippen LogP contribution in [0, 0.1) is 0 Å². The number of allylic oxidation sites excluding steroid dienone is 1. The van der Waals surface area contributed by atoms with Gasteiger partial charge in [-0.3, -0.25) is 0 Å². The van der Waals surface area contributed by atoms with Crippen LogP contribution in [-0.4, -0.2) is 28.2 Å². The van der Waals surface area contributed by atoms with Crippen molar-refractivity contribution >= 4 is 40.6 Å². The normalized spacial score (nSPS) is 19.3. The number of nitrogens with zero attached hydrogens (tertiary/aromatic N) is 2. The van der Waals surface area contributed by atoms with Gasteiger partial charge in [0.05, 0.1) is 0 Å². The van der Waals surface area contributed by atoms with E-state index >= 15 is 9.59 Å².